The summed E-state index contributed by atoms with van der Waals surface area (Å²) < 4.78 is 1.79. The van der Waals surface area contributed by atoms with Crippen molar-refractivity contribution in [3.8, 4) is 6.07 Å². The van der Waals surface area contributed by atoms with Crippen LogP contribution in [-0.4, -0.2) is 55.1 Å². The van der Waals surface area contributed by atoms with Gasteiger partial charge in [0, 0.05) is 37.5 Å². The van der Waals surface area contributed by atoms with Crippen LogP contribution < -0.4 is 4.90 Å². The van der Waals surface area contributed by atoms with Gasteiger partial charge in [0.25, 0.3) is 5.91 Å². The van der Waals surface area contributed by atoms with Crippen molar-refractivity contribution in [1.29, 1.82) is 5.26 Å². The third-order valence-corrected chi connectivity index (χ3v) is 6.99. The number of carbonyl (C=O) groups excluding carboxylic acids is 1. The fourth-order valence-electron chi connectivity index (χ4n) is 5.13. The lowest BCUT2D eigenvalue weighted by Crippen LogP contribution is -2.39. The average molecular weight is 460 g/mol. The van der Waals surface area contributed by atoms with Crippen LogP contribution in [0.5, 0.6) is 0 Å². The zero-order valence-electron chi connectivity index (χ0n) is 19.6. The molecule has 2 saturated heterocycles. The average Bonchev–Trinajstić information content (AvgIpc) is 3.45. The largest absolute Gasteiger partial charge is 0.390 e. The van der Waals surface area contributed by atoms with Crippen LogP contribution in [0.25, 0.3) is 5.65 Å². The second-order valence-electron chi connectivity index (χ2n) is 9.42. The van der Waals surface area contributed by atoms with E-state index in [1.54, 1.807) is 22.7 Å². The number of likely N-dealkylation sites (tertiary alicyclic amines) is 1. The van der Waals surface area contributed by atoms with Crippen molar-refractivity contribution in [3.63, 3.8) is 0 Å². The summed E-state index contributed by atoms with van der Waals surface area (Å²) >= 11 is 0. The number of fused-ring (bicyclic) bond motifs is 1. The maximum atomic E-state index is 13.3. The number of pyridine rings is 1. The third kappa shape index (κ3) is 3.99. The standard InChI is InChI=1S/C25H29N7O2/c1-16-12-30(14-18(16)11-26)24-17(2)13-32-23(28-24)10-21(29-32)22-8-3-4-9-31(22)25(34)20-7-5-6-19(15-33)27-20/h5-7,10,13,16,18,22,33H,3-4,8-9,12,14-15H2,1-2H3/t16-,18+,22-/m0/s1. The minimum Gasteiger partial charge on any atom is -0.390 e. The van der Waals surface area contributed by atoms with Gasteiger partial charge in [-0.05, 0) is 44.2 Å². The van der Waals surface area contributed by atoms with Gasteiger partial charge in [0.05, 0.1) is 36.0 Å². The molecule has 3 aromatic rings. The Bertz CT molecular complexity index is 1260. The molecule has 0 saturated carbocycles. The maximum absolute atomic E-state index is 13.3. The van der Waals surface area contributed by atoms with E-state index < -0.39 is 0 Å². The normalized spacial score (nSPS) is 22.8. The number of amides is 1. The quantitative estimate of drug-likeness (QED) is 0.639. The first-order valence-corrected chi connectivity index (χ1v) is 11.9. The van der Waals surface area contributed by atoms with E-state index in [4.69, 9.17) is 10.1 Å². The van der Waals surface area contributed by atoms with Crippen molar-refractivity contribution < 1.29 is 9.90 Å². The smallest absolute Gasteiger partial charge is 0.273 e. The lowest BCUT2D eigenvalue weighted by molar-refractivity contribution is 0.0599. The van der Waals surface area contributed by atoms with Crippen molar-refractivity contribution >= 4 is 17.4 Å². The van der Waals surface area contributed by atoms with Crippen LogP contribution in [0.1, 0.15) is 59.7 Å². The van der Waals surface area contributed by atoms with E-state index in [2.05, 4.69) is 22.9 Å². The Kier molecular flexibility index (Phi) is 5.92. The van der Waals surface area contributed by atoms with Crippen LogP contribution in [0, 0.1) is 30.1 Å². The fraction of sp³-hybridized carbons (Fsp3) is 0.480. The van der Waals surface area contributed by atoms with Gasteiger partial charge in [-0.15, -0.1) is 0 Å². The molecule has 1 amide bonds. The van der Waals surface area contributed by atoms with Crippen LogP contribution >= 0.6 is 0 Å². The van der Waals surface area contributed by atoms with Crippen LogP contribution in [0.15, 0.2) is 30.5 Å². The van der Waals surface area contributed by atoms with E-state index in [0.29, 0.717) is 30.4 Å². The van der Waals surface area contributed by atoms with Gasteiger partial charge in [-0.1, -0.05) is 13.0 Å². The Morgan fingerprint density at radius 3 is 2.88 bits per heavy atom. The summed E-state index contributed by atoms with van der Waals surface area (Å²) in [6, 6.07) is 9.38. The first kappa shape index (κ1) is 22.3. The monoisotopic (exact) mass is 459 g/mol. The number of aliphatic hydroxyl groups is 1. The van der Waals surface area contributed by atoms with Crippen molar-refractivity contribution in [2.75, 3.05) is 24.5 Å². The zero-order valence-corrected chi connectivity index (χ0v) is 19.6. The molecule has 0 unspecified atom stereocenters. The fourth-order valence-corrected chi connectivity index (χ4v) is 5.13. The number of hydrogen-bond donors (Lipinski definition) is 1. The Balaban J connectivity index is 1.45. The molecule has 176 valence electrons. The number of aliphatic hydroxyl groups excluding tert-OH is 1. The molecule has 5 heterocycles. The lowest BCUT2D eigenvalue weighted by Gasteiger charge is -2.34. The second kappa shape index (κ2) is 9.03. The topological polar surface area (TPSA) is 111 Å². The zero-order chi connectivity index (χ0) is 23.8. The number of aromatic nitrogens is 4. The predicted molar refractivity (Wildman–Crippen MR) is 126 cm³/mol. The Labute approximate surface area is 198 Å². The van der Waals surface area contributed by atoms with E-state index >= 15 is 0 Å². The number of carbonyl (C=O) groups is 1. The Morgan fingerprint density at radius 2 is 2.12 bits per heavy atom. The minimum absolute atomic E-state index is 0.0117. The van der Waals surface area contributed by atoms with Gasteiger partial charge in [0.2, 0.25) is 0 Å². The van der Waals surface area contributed by atoms with Gasteiger partial charge in [-0.25, -0.2) is 14.5 Å². The summed E-state index contributed by atoms with van der Waals surface area (Å²) in [5.74, 6) is 1.07. The molecule has 9 heteroatoms. The molecule has 2 fully saturated rings. The van der Waals surface area contributed by atoms with Gasteiger partial charge in [0.15, 0.2) is 5.65 Å². The van der Waals surface area contributed by atoms with Crippen LogP contribution in [0.4, 0.5) is 5.82 Å². The molecule has 34 heavy (non-hydrogen) atoms. The van der Waals surface area contributed by atoms with Gasteiger partial charge < -0.3 is 14.9 Å². The Morgan fingerprint density at radius 1 is 1.26 bits per heavy atom. The Hall–Kier alpha value is -3.51. The number of nitrogens with zero attached hydrogens (tertiary/aromatic N) is 7. The highest BCUT2D eigenvalue weighted by Gasteiger charge is 2.33. The summed E-state index contributed by atoms with van der Waals surface area (Å²) in [6.07, 6.45) is 4.76. The summed E-state index contributed by atoms with van der Waals surface area (Å²) in [5.41, 5.74) is 3.39. The molecule has 0 bridgehead atoms. The molecule has 0 spiro atoms. The van der Waals surface area contributed by atoms with Crippen molar-refractivity contribution in [1.82, 2.24) is 24.5 Å². The van der Waals surface area contributed by atoms with Gasteiger partial charge >= 0.3 is 0 Å². The molecule has 1 N–H and O–H groups in total. The van der Waals surface area contributed by atoms with E-state index in [1.165, 1.54) is 0 Å². The third-order valence-electron chi connectivity index (χ3n) is 6.99. The van der Waals surface area contributed by atoms with E-state index in [9.17, 15) is 15.2 Å². The predicted octanol–water partition coefficient (Wildman–Crippen LogP) is 2.89. The summed E-state index contributed by atoms with van der Waals surface area (Å²) in [6.45, 7) is 6.07. The van der Waals surface area contributed by atoms with Crippen molar-refractivity contribution in [3.05, 3.63) is 53.1 Å². The minimum atomic E-state index is -0.199. The first-order chi connectivity index (χ1) is 16.5. The molecule has 9 nitrogen and oxygen atoms in total. The maximum Gasteiger partial charge on any atom is 0.273 e. The molecule has 0 radical (unpaired) electrons. The number of aryl methyl sites for hydroxylation is 1. The highest BCUT2D eigenvalue weighted by Crippen LogP contribution is 2.33. The molecule has 5 rings (SSSR count). The molecule has 0 aliphatic carbocycles. The summed E-state index contributed by atoms with van der Waals surface area (Å²) in [4.78, 5) is 26.6. The number of nitriles is 1. The van der Waals surface area contributed by atoms with Gasteiger partial charge in [-0.2, -0.15) is 10.4 Å². The van der Waals surface area contributed by atoms with Crippen LogP contribution in [0.2, 0.25) is 0 Å². The van der Waals surface area contributed by atoms with E-state index in [0.717, 1.165) is 48.5 Å². The molecule has 3 atom stereocenters. The van der Waals surface area contributed by atoms with Crippen molar-refractivity contribution in [2.24, 2.45) is 11.8 Å². The summed E-state index contributed by atoms with van der Waals surface area (Å²) in [5, 5.41) is 23.6. The van der Waals surface area contributed by atoms with Crippen molar-refractivity contribution in [2.45, 2.75) is 45.8 Å². The number of anilines is 1. The number of piperidine rings is 1. The van der Waals surface area contributed by atoms with Crippen LogP contribution in [-0.2, 0) is 6.61 Å². The summed E-state index contributed by atoms with van der Waals surface area (Å²) in [7, 11) is 0. The van der Waals surface area contributed by atoms with Gasteiger partial charge in [0.1, 0.15) is 11.5 Å². The number of rotatable bonds is 4. The van der Waals surface area contributed by atoms with Gasteiger partial charge in [-0.3, -0.25) is 4.79 Å². The van der Waals surface area contributed by atoms with E-state index in [1.807, 2.05) is 24.1 Å². The van der Waals surface area contributed by atoms with Crippen LogP contribution in [0.3, 0.4) is 0 Å². The highest BCUT2D eigenvalue weighted by molar-refractivity contribution is 5.92. The SMILES string of the molecule is Cc1cn2nc([C@@H]3CCCCN3C(=O)c3cccc(CO)n3)cc2nc1N1C[C@@H](C#N)[C@@H](C)C1. The highest BCUT2D eigenvalue weighted by atomic mass is 16.3. The number of hydrogen-bond acceptors (Lipinski definition) is 7. The molecule has 2 aliphatic heterocycles. The lowest BCUT2D eigenvalue weighted by atomic mass is 9.99. The molecule has 0 aromatic carbocycles. The molecular formula is C25H29N7O2. The van der Waals surface area contributed by atoms with E-state index in [-0.39, 0.29) is 24.5 Å². The molecule has 2 aliphatic rings. The second-order valence-corrected chi connectivity index (χ2v) is 9.42. The molecular weight excluding hydrogens is 430 g/mol. The molecule has 3 aromatic heterocycles. The first-order valence-electron chi connectivity index (χ1n) is 11.9.